The van der Waals surface area contributed by atoms with E-state index in [1.807, 2.05) is 0 Å². The molecule has 1 heterocycles. The molecule has 0 amide bonds. The van der Waals surface area contributed by atoms with Crippen molar-refractivity contribution in [1.29, 1.82) is 0 Å². The molecule has 0 aromatic carbocycles. The minimum atomic E-state index is -2.66. The molecule has 0 saturated carbocycles. The molecule has 0 saturated heterocycles. The monoisotopic (exact) mass is 283 g/mol. The van der Waals surface area contributed by atoms with Crippen LogP contribution in [0.5, 0.6) is 0 Å². The summed E-state index contributed by atoms with van der Waals surface area (Å²) in [5, 5.41) is -0.720. The Labute approximate surface area is 92.4 Å². The first kappa shape index (κ1) is 11.5. The molecule has 1 rings (SSSR count). The highest BCUT2D eigenvalue weighted by Crippen LogP contribution is 2.26. The van der Waals surface area contributed by atoms with E-state index in [9.17, 15) is 13.6 Å². The van der Waals surface area contributed by atoms with Gasteiger partial charge in [0, 0.05) is 4.47 Å². The summed E-state index contributed by atoms with van der Waals surface area (Å²) in [6, 6.07) is 1.09. The minimum absolute atomic E-state index is 0.121. The number of halogens is 4. The Hall–Kier alpha value is -0.550. The Balaban J connectivity index is 3.32. The van der Waals surface area contributed by atoms with Gasteiger partial charge in [-0.15, -0.1) is 0 Å². The number of hydrogen-bond acceptors (Lipinski definition) is 2. The van der Waals surface area contributed by atoms with E-state index >= 15 is 0 Å². The Morgan fingerprint density at radius 2 is 2.21 bits per heavy atom. The van der Waals surface area contributed by atoms with Gasteiger partial charge in [-0.3, -0.25) is 9.78 Å². The predicted octanol–water partition coefficient (Wildman–Crippen LogP) is 3.47. The van der Waals surface area contributed by atoms with E-state index in [4.69, 9.17) is 11.6 Å². The van der Waals surface area contributed by atoms with E-state index in [2.05, 4.69) is 20.9 Å². The zero-order valence-corrected chi connectivity index (χ0v) is 9.36. The van der Waals surface area contributed by atoms with Gasteiger partial charge in [-0.2, -0.15) is 0 Å². The first-order chi connectivity index (χ1) is 6.43. The molecule has 0 aliphatic heterocycles. The lowest BCUT2D eigenvalue weighted by atomic mass is 10.2. The highest BCUT2D eigenvalue weighted by Gasteiger charge is 2.17. The number of rotatable bonds is 2. The van der Waals surface area contributed by atoms with E-state index in [1.165, 1.54) is 6.92 Å². The van der Waals surface area contributed by atoms with Gasteiger partial charge in [0.25, 0.3) is 11.7 Å². The Morgan fingerprint density at radius 3 is 2.57 bits per heavy atom. The average molecular weight is 284 g/mol. The van der Waals surface area contributed by atoms with Gasteiger partial charge in [0.15, 0.2) is 0 Å². The maximum absolute atomic E-state index is 12.3. The molecule has 0 atom stereocenters. The van der Waals surface area contributed by atoms with Crippen LogP contribution < -0.4 is 0 Å². The Bertz CT molecular complexity index is 361. The highest BCUT2D eigenvalue weighted by atomic mass is 79.9. The van der Waals surface area contributed by atoms with Crippen LogP contribution in [0.1, 0.15) is 28.2 Å². The molecule has 2 nitrogen and oxygen atoms in total. The first-order valence-electron chi connectivity index (χ1n) is 3.58. The summed E-state index contributed by atoms with van der Waals surface area (Å²) in [6.45, 7) is 1.45. The molecule has 0 spiro atoms. The number of nitrogens with zero attached hydrogens (tertiary/aromatic N) is 1. The standard InChI is InChI=1S/C8H5BrClF2NO/c1-3-6(7(10)14)4(9)2-5(13-3)8(11)12/h2,8H,1H3. The molecule has 6 heteroatoms. The molecule has 0 unspecified atom stereocenters. The fraction of sp³-hybridized carbons (Fsp3) is 0.250. The third-order valence-electron chi connectivity index (χ3n) is 1.59. The second-order valence-corrected chi connectivity index (χ2v) is 3.76. The fourth-order valence-electron chi connectivity index (χ4n) is 1.00. The largest absolute Gasteiger partial charge is 0.280 e. The normalized spacial score (nSPS) is 10.7. The fourth-order valence-corrected chi connectivity index (χ4v) is 2.06. The van der Waals surface area contributed by atoms with E-state index in [0.717, 1.165) is 6.07 Å². The SMILES string of the molecule is Cc1nc(C(F)F)cc(Br)c1C(=O)Cl. The van der Waals surface area contributed by atoms with Crippen molar-refractivity contribution in [3.05, 3.63) is 27.5 Å². The van der Waals surface area contributed by atoms with Crippen molar-refractivity contribution in [3.8, 4) is 0 Å². The number of carbonyl (C=O) groups excluding carboxylic acids is 1. The predicted molar refractivity (Wildman–Crippen MR) is 51.8 cm³/mol. The highest BCUT2D eigenvalue weighted by molar-refractivity contribution is 9.10. The number of aryl methyl sites for hydroxylation is 1. The number of pyridine rings is 1. The zero-order valence-electron chi connectivity index (χ0n) is 7.02. The summed E-state index contributed by atoms with van der Waals surface area (Å²) in [5.74, 6) is 0. The van der Waals surface area contributed by atoms with Gasteiger partial charge >= 0.3 is 0 Å². The minimum Gasteiger partial charge on any atom is -0.275 e. The van der Waals surface area contributed by atoms with Crippen molar-refractivity contribution in [3.63, 3.8) is 0 Å². The molecular formula is C8H5BrClF2NO. The molecule has 0 radical (unpaired) electrons. The molecule has 1 aromatic heterocycles. The van der Waals surface area contributed by atoms with Crippen LogP contribution in [0.3, 0.4) is 0 Å². The molecular weight excluding hydrogens is 279 g/mol. The maximum atomic E-state index is 12.3. The van der Waals surface area contributed by atoms with Crippen LogP contribution in [0.4, 0.5) is 8.78 Å². The average Bonchev–Trinajstić information content (AvgIpc) is 2.01. The van der Waals surface area contributed by atoms with E-state index in [-0.39, 0.29) is 21.4 Å². The molecule has 0 N–H and O–H groups in total. The summed E-state index contributed by atoms with van der Waals surface area (Å²) in [4.78, 5) is 14.4. The van der Waals surface area contributed by atoms with Gasteiger partial charge in [-0.25, -0.2) is 8.78 Å². The lowest BCUT2D eigenvalue weighted by Crippen LogP contribution is -2.02. The van der Waals surface area contributed by atoms with Crippen LogP contribution in [0.2, 0.25) is 0 Å². The second-order valence-electron chi connectivity index (χ2n) is 2.56. The van der Waals surface area contributed by atoms with Crippen LogP contribution in [0.15, 0.2) is 10.5 Å². The third kappa shape index (κ3) is 2.27. The molecule has 1 aromatic rings. The summed E-state index contributed by atoms with van der Waals surface area (Å²) in [6.07, 6.45) is -2.66. The van der Waals surface area contributed by atoms with Crippen LogP contribution >= 0.6 is 27.5 Å². The van der Waals surface area contributed by atoms with Crippen molar-refractivity contribution in [2.24, 2.45) is 0 Å². The number of carbonyl (C=O) groups is 1. The molecule has 0 fully saturated rings. The van der Waals surface area contributed by atoms with Crippen molar-refractivity contribution in [1.82, 2.24) is 4.98 Å². The first-order valence-corrected chi connectivity index (χ1v) is 4.75. The van der Waals surface area contributed by atoms with Crippen LogP contribution in [0, 0.1) is 6.92 Å². The summed E-state index contributed by atoms with van der Waals surface area (Å²) >= 11 is 8.24. The smallest absolute Gasteiger partial charge is 0.275 e. The number of aromatic nitrogens is 1. The summed E-state index contributed by atoms with van der Waals surface area (Å²) < 4.78 is 24.8. The van der Waals surface area contributed by atoms with Crippen LogP contribution in [-0.2, 0) is 0 Å². The van der Waals surface area contributed by atoms with Crippen molar-refractivity contribution in [2.45, 2.75) is 13.3 Å². The molecule has 76 valence electrons. The number of hydrogen-bond donors (Lipinski definition) is 0. The van der Waals surface area contributed by atoms with Gasteiger partial charge in [0.1, 0.15) is 5.69 Å². The quantitative estimate of drug-likeness (QED) is 0.778. The van der Waals surface area contributed by atoms with Gasteiger partial charge < -0.3 is 0 Å². The van der Waals surface area contributed by atoms with Gasteiger partial charge in [-0.05, 0) is 40.5 Å². The van der Waals surface area contributed by atoms with Crippen molar-refractivity contribution >= 4 is 32.8 Å². The second kappa shape index (κ2) is 4.31. The lowest BCUT2D eigenvalue weighted by molar-refractivity contribution is 0.107. The summed E-state index contributed by atoms with van der Waals surface area (Å²) in [7, 11) is 0. The number of alkyl halides is 2. The molecule has 14 heavy (non-hydrogen) atoms. The Morgan fingerprint density at radius 1 is 1.64 bits per heavy atom. The lowest BCUT2D eigenvalue weighted by Gasteiger charge is -2.06. The molecule has 0 bridgehead atoms. The Kier molecular flexibility index (Phi) is 3.55. The zero-order chi connectivity index (χ0) is 10.9. The molecule has 0 aliphatic rings. The maximum Gasteiger partial charge on any atom is 0.280 e. The third-order valence-corrected chi connectivity index (χ3v) is 2.41. The van der Waals surface area contributed by atoms with Crippen molar-refractivity contribution in [2.75, 3.05) is 0 Å². The van der Waals surface area contributed by atoms with Gasteiger partial charge in [0.05, 0.1) is 11.3 Å². The van der Waals surface area contributed by atoms with Crippen molar-refractivity contribution < 1.29 is 13.6 Å². The van der Waals surface area contributed by atoms with Gasteiger partial charge in [0.2, 0.25) is 0 Å². The molecule has 0 aliphatic carbocycles. The van der Waals surface area contributed by atoms with Crippen LogP contribution in [0.25, 0.3) is 0 Å². The van der Waals surface area contributed by atoms with Crippen LogP contribution in [-0.4, -0.2) is 10.2 Å². The van der Waals surface area contributed by atoms with E-state index in [0.29, 0.717) is 0 Å². The topological polar surface area (TPSA) is 30.0 Å². The van der Waals surface area contributed by atoms with Gasteiger partial charge in [-0.1, -0.05) is 0 Å². The summed E-state index contributed by atoms with van der Waals surface area (Å²) in [5.41, 5.74) is -0.0678. The van der Waals surface area contributed by atoms with E-state index in [1.54, 1.807) is 0 Å². The van der Waals surface area contributed by atoms with E-state index < -0.39 is 11.7 Å².